The smallest absolute Gasteiger partial charge is 0.174 e. The molecule has 0 bridgehead atoms. The maximum atomic E-state index is 12.0. The molecule has 0 saturated heterocycles. The number of rotatable bonds is 2. The third-order valence-electron chi connectivity index (χ3n) is 2.50. The van der Waals surface area contributed by atoms with Gasteiger partial charge in [0.2, 0.25) is 0 Å². The van der Waals surface area contributed by atoms with Crippen molar-refractivity contribution in [3.8, 4) is 11.8 Å². The molecule has 1 heterocycles. The van der Waals surface area contributed by atoms with Crippen LogP contribution in [0.25, 0.3) is 11.0 Å². The number of hydrogen-bond acceptors (Lipinski definition) is 3. The van der Waals surface area contributed by atoms with Crippen LogP contribution in [-0.4, -0.2) is 15.8 Å². The molecule has 0 aliphatic carbocycles. The minimum Gasteiger partial charge on any atom is -0.293 e. The first-order valence-corrected chi connectivity index (χ1v) is 6.20. The normalized spacial score (nSPS) is 10.9. The zero-order valence-corrected chi connectivity index (χ0v) is 11.4. The lowest BCUT2D eigenvalue weighted by Gasteiger charge is -2.06. The molecule has 2 rings (SSSR count). The van der Waals surface area contributed by atoms with Crippen molar-refractivity contribution in [1.82, 2.24) is 9.97 Å². The number of nitrogens with zero attached hydrogens (tertiary/aromatic N) is 2. The topological polar surface area (TPSA) is 42.9 Å². The van der Waals surface area contributed by atoms with E-state index in [9.17, 15) is 4.79 Å². The number of ketones is 1. The Kier molecular flexibility index (Phi) is 3.62. The van der Waals surface area contributed by atoms with Crippen LogP contribution < -0.4 is 0 Å². The number of Topliss-reactive ketones (excluding diaryl/α,β-unsaturated/α-hetero) is 1. The van der Waals surface area contributed by atoms with Crippen molar-refractivity contribution < 1.29 is 4.79 Å². The summed E-state index contributed by atoms with van der Waals surface area (Å²) in [7, 11) is 0. The second kappa shape index (κ2) is 5.19. The van der Waals surface area contributed by atoms with Gasteiger partial charge in [0.15, 0.2) is 5.78 Å². The second-order valence-electron chi connectivity index (χ2n) is 5.41. The summed E-state index contributed by atoms with van der Waals surface area (Å²) in [5, 5.41) is 0. The molecule has 0 amide bonds. The second-order valence-corrected chi connectivity index (χ2v) is 5.41. The molecular weight excluding hydrogens is 236 g/mol. The van der Waals surface area contributed by atoms with Crippen molar-refractivity contribution in [3.63, 3.8) is 0 Å². The molecule has 1 aromatic heterocycles. The molecule has 2 aromatic rings. The predicted octanol–water partition coefficient (Wildman–Crippen LogP) is 3.25. The van der Waals surface area contributed by atoms with E-state index in [4.69, 9.17) is 0 Å². The van der Waals surface area contributed by atoms with Crippen molar-refractivity contribution in [1.29, 1.82) is 0 Å². The van der Waals surface area contributed by atoms with E-state index in [1.54, 1.807) is 24.5 Å². The van der Waals surface area contributed by atoms with E-state index in [0.29, 0.717) is 5.56 Å². The largest absolute Gasteiger partial charge is 0.293 e. The van der Waals surface area contributed by atoms with Crippen LogP contribution in [0.5, 0.6) is 0 Å². The number of benzene rings is 1. The van der Waals surface area contributed by atoms with E-state index >= 15 is 0 Å². The first-order valence-electron chi connectivity index (χ1n) is 6.20. The van der Waals surface area contributed by atoms with Gasteiger partial charge in [0.05, 0.1) is 17.5 Å². The number of aromatic nitrogens is 2. The molecule has 3 nitrogen and oxygen atoms in total. The van der Waals surface area contributed by atoms with Gasteiger partial charge in [-0.25, -0.2) is 0 Å². The fourth-order valence-corrected chi connectivity index (χ4v) is 1.63. The molecule has 0 aliphatic heterocycles. The number of fused-ring (bicyclic) bond motifs is 1. The Bertz CT molecular complexity index is 672. The van der Waals surface area contributed by atoms with Gasteiger partial charge < -0.3 is 0 Å². The molecule has 0 atom stereocenters. The van der Waals surface area contributed by atoms with Crippen LogP contribution in [0.4, 0.5) is 0 Å². The summed E-state index contributed by atoms with van der Waals surface area (Å²) in [6, 6.07) is 5.36. The maximum Gasteiger partial charge on any atom is 0.174 e. The molecule has 0 spiro atoms. The van der Waals surface area contributed by atoms with Gasteiger partial charge in [-0.2, -0.15) is 0 Å². The van der Waals surface area contributed by atoms with Gasteiger partial charge in [-0.05, 0) is 39.0 Å². The third kappa shape index (κ3) is 3.62. The summed E-state index contributed by atoms with van der Waals surface area (Å²) in [5.41, 5.74) is 2.09. The van der Waals surface area contributed by atoms with Crippen molar-refractivity contribution in [2.24, 2.45) is 5.41 Å². The lowest BCUT2D eigenvalue weighted by Crippen LogP contribution is -2.01. The van der Waals surface area contributed by atoms with Crippen LogP contribution in [0.3, 0.4) is 0 Å². The predicted molar refractivity (Wildman–Crippen MR) is 75.7 cm³/mol. The minimum absolute atomic E-state index is 0.0179. The number of carbonyl (C=O) groups is 1. The van der Waals surface area contributed by atoms with Gasteiger partial charge in [0.1, 0.15) is 0 Å². The van der Waals surface area contributed by atoms with E-state index in [-0.39, 0.29) is 17.6 Å². The van der Waals surface area contributed by atoms with E-state index in [0.717, 1.165) is 11.0 Å². The lowest BCUT2D eigenvalue weighted by molar-refractivity contribution is 0.0998. The highest BCUT2D eigenvalue weighted by Gasteiger charge is 2.07. The molecule has 0 radical (unpaired) electrons. The van der Waals surface area contributed by atoms with Crippen molar-refractivity contribution in [2.75, 3.05) is 0 Å². The van der Waals surface area contributed by atoms with Gasteiger partial charge in [0.25, 0.3) is 0 Å². The van der Waals surface area contributed by atoms with Crippen LogP contribution in [0.1, 0.15) is 37.6 Å². The molecule has 0 aliphatic rings. The average molecular weight is 252 g/mol. The average Bonchev–Trinajstić information content (AvgIpc) is 2.36. The SMILES string of the molecule is CC(C)(C)C#CCC(=O)c1ccc2nccnc2c1. The Morgan fingerprint density at radius 3 is 2.53 bits per heavy atom. The van der Waals surface area contributed by atoms with Gasteiger partial charge in [0, 0.05) is 23.4 Å². The Balaban J connectivity index is 2.19. The first kappa shape index (κ1) is 13.2. The Labute approximate surface area is 113 Å². The van der Waals surface area contributed by atoms with Gasteiger partial charge in [-0.1, -0.05) is 11.8 Å². The summed E-state index contributed by atoms with van der Waals surface area (Å²) in [6.45, 7) is 6.07. The summed E-state index contributed by atoms with van der Waals surface area (Å²) in [6.07, 6.45) is 3.50. The maximum absolute atomic E-state index is 12.0. The third-order valence-corrected chi connectivity index (χ3v) is 2.50. The van der Waals surface area contributed by atoms with E-state index in [2.05, 4.69) is 21.8 Å². The number of carbonyl (C=O) groups excluding carboxylic acids is 1. The molecular formula is C16H16N2O. The summed E-state index contributed by atoms with van der Waals surface area (Å²) in [5.74, 6) is 6.01. The lowest BCUT2D eigenvalue weighted by atomic mass is 9.97. The summed E-state index contributed by atoms with van der Waals surface area (Å²) in [4.78, 5) is 20.4. The van der Waals surface area contributed by atoms with Crippen LogP contribution in [0.2, 0.25) is 0 Å². The molecule has 0 saturated carbocycles. The molecule has 0 fully saturated rings. The Morgan fingerprint density at radius 2 is 1.84 bits per heavy atom. The summed E-state index contributed by atoms with van der Waals surface area (Å²) >= 11 is 0. The number of hydrogen-bond donors (Lipinski definition) is 0. The highest BCUT2D eigenvalue weighted by molar-refractivity contribution is 6.00. The minimum atomic E-state index is -0.0743. The highest BCUT2D eigenvalue weighted by atomic mass is 16.1. The fraction of sp³-hybridized carbons (Fsp3) is 0.312. The highest BCUT2D eigenvalue weighted by Crippen LogP contribution is 2.13. The van der Waals surface area contributed by atoms with Crippen LogP contribution in [0, 0.1) is 17.3 Å². The van der Waals surface area contributed by atoms with Gasteiger partial charge in [-0.15, -0.1) is 0 Å². The van der Waals surface area contributed by atoms with E-state index in [1.165, 1.54) is 0 Å². The Hall–Kier alpha value is -2.21. The first-order chi connectivity index (χ1) is 8.96. The van der Waals surface area contributed by atoms with E-state index in [1.807, 2.05) is 26.8 Å². The van der Waals surface area contributed by atoms with Crippen molar-refractivity contribution >= 4 is 16.8 Å². The van der Waals surface area contributed by atoms with Crippen molar-refractivity contribution in [2.45, 2.75) is 27.2 Å². The monoisotopic (exact) mass is 252 g/mol. The fourth-order valence-electron chi connectivity index (χ4n) is 1.63. The quantitative estimate of drug-likeness (QED) is 0.608. The molecule has 3 heteroatoms. The van der Waals surface area contributed by atoms with Gasteiger partial charge in [-0.3, -0.25) is 14.8 Å². The molecule has 96 valence electrons. The molecule has 0 N–H and O–H groups in total. The van der Waals surface area contributed by atoms with Crippen LogP contribution in [-0.2, 0) is 0 Å². The molecule has 0 unspecified atom stereocenters. The Morgan fingerprint density at radius 1 is 1.16 bits per heavy atom. The van der Waals surface area contributed by atoms with Gasteiger partial charge >= 0.3 is 0 Å². The zero-order chi connectivity index (χ0) is 13.9. The van der Waals surface area contributed by atoms with Crippen LogP contribution in [0.15, 0.2) is 30.6 Å². The molecule has 19 heavy (non-hydrogen) atoms. The van der Waals surface area contributed by atoms with E-state index < -0.39 is 0 Å². The van der Waals surface area contributed by atoms with Crippen molar-refractivity contribution in [3.05, 3.63) is 36.2 Å². The summed E-state index contributed by atoms with van der Waals surface area (Å²) < 4.78 is 0. The molecule has 1 aromatic carbocycles. The van der Waals surface area contributed by atoms with Crippen LogP contribution >= 0.6 is 0 Å². The zero-order valence-electron chi connectivity index (χ0n) is 11.4. The standard InChI is InChI=1S/C16H16N2O/c1-16(2,3)8-4-5-15(19)12-6-7-13-14(11-12)18-10-9-17-13/h6-7,9-11H,5H2,1-3H3.